The summed E-state index contributed by atoms with van der Waals surface area (Å²) in [5.41, 5.74) is 6.85. The summed E-state index contributed by atoms with van der Waals surface area (Å²) in [6, 6.07) is 7.44. The van der Waals surface area contributed by atoms with Gasteiger partial charge in [0.1, 0.15) is 11.4 Å². The van der Waals surface area contributed by atoms with Crippen LogP contribution < -0.4 is 15.8 Å². The zero-order chi connectivity index (χ0) is 13.8. The second kappa shape index (κ2) is 5.71. The number of carbonyl (C=O) groups is 1. The molecule has 0 unspecified atom stereocenters. The maximum Gasteiger partial charge on any atom is 0.271 e. The SMILES string of the molecule is COc1ccc([C@@H](C)NC(=O)c2csc(N)n2)cc1. The third-order valence-corrected chi connectivity index (χ3v) is 3.39. The van der Waals surface area contributed by atoms with Gasteiger partial charge in [-0.2, -0.15) is 0 Å². The number of nitrogens with one attached hydrogen (secondary N) is 1. The van der Waals surface area contributed by atoms with Crippen molar-refractivity contribution in [3.63, 3.8) is 0 Å². The highest BCUT2D eigenvalue weighted by Crippen LogP contribution is 2.18. The summed E-state index contributed by atoms with van der Waals surface area (Å²) in [5, 5.41) is 4.91. The fourth-order valence-electron chi connectivity index (χ4n) is 1.64. The highest BCUT2D eigenvalue weighted by Gasteiger charge is 2.13. The van der Waals surface area contributed by atoms with E-state index in [9.17, 15) is 4.79 Å². The van der Waals surface area contributed by atoms with Crippen LogP contribution in [0.4, 0.5) is 5.13 Å². The van der Waals surface area contributed by atoms with Crippen LogP contribution in [0.5, 0.6) is 5.75 Å². The standard InChI is InChI=1S/C13H15N3O2S/c1-8(9-3-5-10(18-2)6-4-9)15-12(17)11-7-19-13(14)16-11/h3-8H,1-2H3,(H2,14,16)(H,15,17)/t8-/m1/s1. The molecular formula is C13H15N3O2S. The van der Waals surface area contributed by atoms with Gasteiger partial charge in [0.15, 0.2) is 5.13 Å². The summed E-state index contributed by atoms with van der Waals surface area (Å²) in [4.78, 5) is 15.9. The Balaban J connectivity index is 2.03. The van der Waals surface area contributed by atoms with Crippen molar-refractivity contribution in [3.8, 4) is 5.75 Å². The summed E-state index contributed by atoms with van der Waals surface area (Å²) in [6.07, 6.45) is 0. The van der Waals surface area contributed by atoms with Gasteiger partial charge in [0.05, 0.1) is 13.2 Å². The first-order valence-electron chi connectivity index (χ1n) is 5.76. The van der Waals surface area contributed by atoms with Crippen molar-refractivity contribution in [3.05, 3.63) is 40.9 Å². The molecule has 5 nitrogen and oxygen atoms in total. The first-order valence-corrected chi connectivity index (χ1v) is 6.64. The van der Waals surface area contributed by atoms with Gasteiger partial charge in [0.25, 0.3) is 5.91 Å². The largest absolute Gasteiger partial charge is 0.497 e. The molecule has 3 N–H and O–H groups in total. The number of hydrogen-bond acceptors (Lipinski definition) is 5. The molecular weight excluding hydrogens is 262 g/mol. The summed E-state index contributed by atoms with van der Waals surface area (Å²) >= 11 is 1.25. The lowest BCUT2D eigenvalue weighted by Crippen LogP contribution is -2.26. The van der Waals surface area contributed by atoms with Crippen LogP contribution in [0, 0.1) is 0 Å². The Morgan fingerprint density at radius 1 is 1.42 bits per heavy atom. The van der Waals surface area contributed by atoms with Gasteiger partial charge >= 0.3 is 0 Å². The molecule has 0 bridgehead atoms. The number of anilines is 1. The van der Waals surface area contributed by atoms with Crippen molar-refractivity contribution in [1.29, 1.82) is 0 Å². The van der Waals surface area contributed by atoms with Gasteiger partial charge in [-0.1, -0.05) is 12.1 Å². The van der Waals surface area contributed by atoms with E-state index in [2.05, 4.69) is 10.3 Å². The van der Waals surface area contributed by atoms with Gasteiger partial charge in [0.2, 0.25) is 0 Å². The van der Waals surface area contributed by atoms with Crippen LogP contribution in [-0.2, 0) is 0 Å². The van der Waals surface area contributed by atoms with E-state index in [0.29, 0.717) is 10.8 Å². The number of nitrogen functional groups attached to an aromatic ring is 1. The molecule has 1 heterocycles. The Bertz CT molecular complexity index is 566. The Morgan fingerprint density at radius 2 is 2.11 bits per heavy atom. The molecule has 0 aliphatic heterocycles. The highest BCUT2D eigenvalue weighted by atomic mass is 32.1. The van der Waals surface area contributed by atoms with E-state index in [0.717, 1.165) is 11.3 Å². The third-order valence-electron chi connectivity index (χ3n) is 2.72. The molecule has 1 atom stereocenters. The number of rotatable bonds is 4. The fraction of sp³-hybridized carbons (Fsp3) is 0.231. The second-order valence-corrected chi connectivity index (χ2v) is 4.93. The molecule has 1 amide bonds. The average Bonchev–Trinajstić information content (AvgIpc) is 2.85. The lowest BCUT2D eigenvalue weighted by atomic mass is 10.1. The zero-order valence-corrected chi connectivity index (χ0v) is 11.5. The van der Waals surface area contributed by atoms with Gasteiger partial charge in [-0.3, -0.25) is 4.79 Å². The topological polar surface area (TPSA) is 77.2 Å². The van der Waals surface area contributed by atoms with Crippen LogP contribution in [0.15, 0.2) is 29.6 Å². The number of nitrogens with two attached hydrogens (primary N) is 1. The summed E-state index contributed by atoms with van der Waals surface area (Å²) in [5.74, 6) is 0.561. The number of hydrogen-bond donors (Lipinski definition) is 2. The predicted molar refractivity (Wildman–Crippen MR) is 75.4 cm³/mol. The van der Waals surface area contributed by atoms with E-state index in [1.807, 2.05) is 31.2 Å². The monoisotopic (exact) mass is 277 g/mol. The number of aromatic nitrogens is 1. The Kier molecular flexibility index (Phi) is 4.01. The molecule has 0 spiro atoms. The minimum absolute atomic E-state index is 0.110. The van der Waals surface area contributed by atoms with Crippen LogP contribution >= 0.6 is 11.3 Å². The van der Waals surface area contributed by atoms with Crippen LogP contribution in [0.3, 0.4) is 0 Å². The zero-order valence-electron chi connectivity index (χ0n) is 10.7. The van der Waals surface area contributed by atoms with Crippen LogP contribution in [0.1, 0.15) is 29.0 Å². The number of benzene rings is 1. The fourth-order valence-corrected chi connectivity index (χ4v) is 2.18. The van der Waals surface area contributed by atoms with Crippen molar-refractivity contribution in [2.45, 2.75) is 13.0 Å². The Hall–Kier alpha value is -2.08. The maximum absolute atomic E-state index is 11.9. The van der Waals surface area contributed by atoms with Gasteiger partial charge < -0.3 is 15.8 Å². The molecule has 1 aromatic heterocycles. The highest BCUT2D eigenvalue weighted by molar-refractivity contribution is 7.13. The van der Waals surface area contributed by atoms with Gasteiger partial charge in [-0.15, -0.1) is 11.3 Å². The molecule has 0 saturated carbocycles. The van der Waals surface area contributed by atoms with Crippen LogP contribution in [0.25, 0.3) is 0 Å². The summed E-state index contributed by atoms with van der Waals surface area (Å²) in [7, 11) is 1.62. The van der Waals surface area contributed by atoms with Gasteiger partial charge in [0, 0.05) is 5.38 Å². The first-order chi connectivity index (χ1) is 9.10. The first kappa shape index (κ1) is 13.4. The lowest BCUT2D eigenvalue weighted by molar-refractivity contribution is 0.0935. The third kappa shape index (κ3) is 3.23. The molecule has 2 aromatic rings. The van der Waals surface area contributed by atoms with Crippen molar-refractivity contribution in [2.24, 2.45) is 0 Å². The number of carbonyl (C=O) groups excluding carboxylic acids is 1. The summed E-state index contributed by atoms with van der Waals surface area (Å²) < 4.78 is 5.09. The Morgan fingerprint density at radius 3 is 2.63 bits per heavy atom. The van der Waals surface area contributed by atoms with E-state index in [1.165, 1.54) is 11.3 Å². The molecule has 19 heavy (non-hydrogen) atoms. The molecule has 100 valence electrons. The van der Waals surface area contributed by atoms with Crippen molar-refractivity contribution < 1.29 is 9.53 Å². The Labute approximate surface area is 115 Å². The number of methoxy groups -OCH3 is 1. The van der Waals surface area contributed by atoms with Crippen molar-refractivity contribution in [1.82, 2.24) is 10.3 Å². The molecule has 0 aliphatic carbocycles. The smallest absolute Gasteiger partial charge is 0.271 e. The van der Waals surface area contributed by atoms with Crippen LogP contribution in [0.2, 0.25) is 0 Å². The number of thiazole rings is 1. The van der Waals surface area contributed by atoms with E-state index >= 15 is 0 Å². The van der Waals surface area contributed by atoms with Crippen molar-refractivity contribution in [2.75, 3.05) is 12.8 Å². The summed E-state index contributed by atoms with van der Waals surface area (Å²) in [6.45, 7) is 1.91. The maximum atomic E-state index is 11.9. The number of nitrogens with zero attached hydrogens (tertiary/aromatic N) is 1. The molecule has 0 radical (unpaired) electrons. The minimum Gasteiger partial charge on any atom is -0.497 e. The number of amides is 1. The van der Waals surface area contributed by atoms with Crippen molar-refractivity contribution >= 4 is 22.4 Å². The average molecular weight is 277 g/mol. The van der Waals surface area contributed by atoms with Crippen LogP contribution in [-0.4, -0.2) is 18.0 Å². The van der Waals surface area contributed by atoms with E-state index in [-0.39, 0.29) is 11.9 Å². The molecule has 1 aromatic carbocycles. The molecule has 2 rings (SSSR count). The quantitative estimate of drug-likeness (QED) is 0.898. The normalized spacial score (nSPS) is 11.9. The molecule has 6 heteroatoms. The number of ether oxygens (including phenoxy) is 1. The van der Waals surface area contributed by atoms with E-state index < -0.39 is 0 Å². The van der Waals surface area contributed by atoms with Gasteiger partial charge in [-0.05, 0) is 24.6 Å². The van der Waals surface area contributed by atoms with Gasteiger partial charge in [-0.25, -0.2) is 4.98 Å². The molecule has 0 fully saturated rings. The van der Waals surface area contributed by atoms with E-state index in [1.54, 1.807) is 12.5 Å². The lowest BCUT2D eigenvalue weighted by Gasteiger charge is -2.13. The predicted octanol–water partition coefficient (Wildman–Crippen LogP) is 2.22. The molecule has 0 aliphatic rings. The minimum atomic E-state index is -0.226. The second-order valence-electron chi connectivity index (χ2n) is 4.04. The van der Waals surface area contributed by atoms with E-state index in [4.69, 9.17) is 10.5 Å². The molecule has 0 saturated heterocycles.